The third-order valence-corrected chi connectivity index (χ3v) is 2.77. The maximum absolute atomic E-state index is 13.5. The number of ketones is 1. The summed E-state index contributed by atoms with van der Waals surface area (Å²) in [6, 6.07) is 7.80. The van der Waals surface area contributed by atoms with Crippen molar-refractivity contribution in [3.05, 3.63) is 63.2 Å². The third kappa shape index (κ3) is 2.27. The maximum atomic E-state index is 13.5. The lowest BCUT2D eigenvalue weighted by atomic mass is 10.0. The van der Waals surface area contributed by atoms with E-state index in [2.05, 4.69) is 4.98 Å². The van der Waals surface area contributed by atoms with Crippen molar-refractivity contribution in [3.63, 3.8) is 0 Å². The first-order valence-electron chi connectivity index (χ1n) is 4.58. The number of pyridine rings is 1. The average molecular weight is 327 g/mol. The minimum Gasteiger partial charge on any atom is -0.288 e. The van der Waals surface area contributed by atoms with Gasteiger partial charge in [-0.3, -0.25) is 9.78 Å². The molecule has 0 bridgehead atoms. The summed E-state index contributed by atoms with van der Waals surface area (Å²) >= 11 is 2.00. The number of hydrogen-bond donors (Lipinski definition) is 0. The molecule has 0 radical (unpaired) electrons. The van der Waals surface area contributed by atoms with Gasteiger partial charge in [-0.05, 0) is 52.9 Å². The molecule has 0 unspecified atom stereocenters. The zero-order valence-corrected chi connectivity index (χ0v) is 10.3. The number of benzene rings is 1. The van der Waals surface area contributed by atoms with Crippen LogP contribution in [0.2, 0.25) is 0 Å². The molecule has 0 saturated carbocycles. The second-order valence-corrected chi connectivity index (χ2v) is 4.44. The highest BCUT2D eigenvalue weighted by Gasteiger charge is 2.13. The lowest BCUT2D eigenvalue weighted by Gasteiger charge is -2.02. The fraction of sp³-hybridized carbons (Fsp3) is 0. The molecule has 2 aromatic rings. The summed E-state index contributed by atoms with van der Waals surface area (Å²) < 4.78 is 14.3. The number of aromatic nitrogens is 1. The van der Waals surface area contributed by atoms with Gasteiger partial charge in [0.15, 0.2) is 5.78 Å². The molecule has 2 nitrogen and oxygen atoms in total. The van der Waals surface area contributed by atoms with Crippen LogP contribution in [0, 0.1) is 9.39 Å². The molecule has 0 fully saturated rings. The van der Waals surface area contributed by atoms with Crippen LogP contribution >= 0.6 is 22.6 Å². The van der Waals surface area contributed by atoms with Gasteiger partial charge in [-0.15, -0.1) is 0 Å². The Morgan fingerprint density at radius 3 is 2.75 bits per heavy atom. The number of rotatable bonds is 2. The van der Waals surface area contributed by atoms with Gasteiger partial charge in [0, 0.05) is 21.5 Å². The van der Waals surface area contributed by atoms with Crippen LogP contribution in [0.5, 0.6) is 0 Å². The normalized spacial score (nSPS) is 10.1. The zero-order chi connectivity index (χ0) is 11.5. The van der Waals surface area contributed by atoms with Gasteiger partial charge in [0.25, 0.3) is 0 Å². The summed E-state index contributed by atoms with van der Waals surface area (Å²) in [5.74, 6) is -0.845. The van der Waals surface area contributed by atoms with Gasteiger partial charge in [0.1, 0.15) is 5.82 Å². The molecule has 0 aliphatic rings. The van der Waals surface area contributed by atoms with Crippen LogP contribution in [0.15, 0.2) is 42.7 Å². The summed E-state index contributed by atoms with van der Waals surface area (Å²) in [4.78, 5) is 15.7. The van der Waals surface area contributed by atoms with Crippen molar-refractivity contribution in [3.8, 4) is 0 Å². The molecule has 0 aliphatic heterocycles. The van der Waals surface area contributed by atoms with Crippen molar-refractivity contribution in [2.45, 2.75) is 0 Å². The third-order valence-electron chi connectivity index (χ3n) is 2.10. The summed E-state index contributed by atoms with van der Waals surface area (Å²) in [5, 5.41) is 0. The van der Waals surface area contributed by atoms with E-state index in [-0.39, 0.29) is 11.3 Å². The Kier molecular flexibility index (Phi) is 3.28. The highest BCUT2D eigenvalue weighted by Crippen LogP contribution is 2.15. The lowest BCUT2D eigenvalue weighted by Crippen LogP contribution is -2.04. The first kappa shape index (κ1) is 11.2. The summed E-state index contributed by atoms with van der Waals surface area (Å²) in [7, 11) is 0. The van der Waals surface area contributed by atoms with E-state index in [1.807, 2.05) is 22.6 Å². The number of carbonyl (C=O) groups excluding carboxylic acids is 1. The number of halogens is 2. The van der Waals surface area contributed by atoms with Crippen LogP contribution in [-0.2, 0) is 0 Å². The quantitative estimate of drug-likeness (QED) is 0.627. The Balaban J connectivity index is 2.42. The number of hydrogen-bond acceptors (Lipinski definition) is 2. The molecule has 1 aromatic carbocycles. The summed E-state index contributed by atoms with van der Waals surface area (Å²) in [5.41, 5.74) is 0.469. The zero-order valence-electron chi connectivity index (χ0n) is 8.15. The standard InChI is InChI=1S/C12H7FINO/c13-11-6-9(14)3-4-10(11)12(16)8-2-1-5-15-7-8/h1-7H. The molecular weight excluding hydrogens is 320 g/mol. The summed E-state index contributed by atoms with van der Waals surface area (Å²) in [6.07, 6.45) is 3.00. The van der Waals surface area contributed by atoms with Gasteiger partial charge < -0.3 is 0 Å². The molecular formula is C12H7FINO. The number of carbonyl (C=O) groups is 1. The van der Waals surface area contributed by atoms with Gasteiger partial charge in [-0.25, -0.2) is 4.39 Å². The molecule has 0 spiro atoms. The molecule has 0 amide bonds. The Morgan fingerprint density at radius 2 is 2.12 bits per heavy atom. The Hall–Kier alpha value is -1.30. The van der Waals surface area contributed by atoms with E-state index in [1.165, 1.54) is 18.3 Å². The molecule has 2 rings (SSSR count). The molecule has 0 saturated heterocycles. The fourth-order valence-electron chi connectivity index (χ4n) is 1.33. The molecule has 4 heteroatoms. The lowest BCUT2D eigenvalue weighted by molar-refractivity contribution is 0.103. The molecule has 0 atom stereocenters. The highest BCUT2D eigenvalue weighted by atomic mass is 127. The van der Waals surface area contributed by atoms with Crippen LogP contribution in [0.25, 0.3) is 0 Å². The van der Waals surface area contributed by atoms with Gasteiger partial charge in [-0.2, -0.15) is 0 Å². The van der Waals surface area contributed by atoms with Gasteiger partial charge in [0.2, 0.25) is 0 Å². The van der Waals surface area contributed by atoms with Crippen LogP contribution in [0.4, 0.5) is 4.39 Å². The predicted molar refractivity (Wildman–Crippen MR) is 66.8 cm³/mol. The molecule has 1 heterocycles. The van der Waals surface area contributed by atoms with E-state index >= 15 is 0 Å². The smallest absolute Gasteiger partial charge is 0.197 e. The van der Waals surface area contributed by atoms with Crippen LogP contribution < -0.4 is 0 Å². The van der Waals surface area contributed by atoms with Crippen molar-refractivity contribution < 1.29 is 9.18 Å². The van der Waals surface area contributed by atoms with Crippen LogP contribution in [0.3, 0.4) is 0 Å². The molecule has 0 N–H and O–H groups in total. The van der Waals surface area contributed by atoms with E-state index in [0.717, 1.165) is 3.57 Å². The van der Waals surface area contributed by atoms with Crippen molar-refractivity contribution in [1.29, 1.82) is 0 Å². The monoisotopic (exact) mass is 327 g/mol. The minimum atomic E-state index is -0.499. The Bertz CT molecular complexity index is 528. The first-order valence-corrected chi connectivity index (χ1v) is 5.66. The average Bonchev–Trinajstić information content (AvgIpc) is 2.29. The van der Waals surface area contributed by atoms with Gasteiger partial charge in [0.05, 0.1) is 5.56 Å². The fourth-order valence-corrected chi connectivity index (χ4v) is 1.78. The SMILES string of the molecule is O=C(c1cccnc1)c1ccc(I)cc1F. The maximum Gasteiger partial charge on any atom is 0.197 e. The van der Waals surface area contributed by atoms with Crippen molar-refractivity contribution in [1.82, 2.24) is 4.98 Å². The van der Waals surface area contributed by atoms with Gasteiger partial charge >= 0.3 is 0 Å². The largest absolute Gasteiger partial charge is 0.288 e. The number of nitrogens with zero attached hydrogens (tertiary/aromatic N) is 1. The topological polar surface area (TPSA) is 30.0 Å². The molecule has 1 aromatic heterocycles. The van der Waals surface area contributed by atoms with Gasteiger partial charge in [-0.1, -0.05) is 0 Å². The molecule has 16 heavy (non-hydrogen) atoms. The second kappa shape index (κ2) is 4.69. The van der Waals surface area contributed by atoms with Crippen molar-refractivity contribution in [2.24, 2.45) is 0 Å². The van der Waals surface area contributed by atoms with Crippen LogP contribution in [-0.4, -0.2) is 10.8 Å². The predicted octanol–water partition coefficient (Wildman–Crippen LogP) is 3.06. The molecule has 0 aliphatic carbocycles. The first-order chi connectivity index (χ1) is 7.68. The Morgan fingerprint density at radius 1 is 1.31 bits per heavy atom. The van der Waals surface area contributed by atoms with E-state index in [4.69, 9.17) is 0 Å². The minimum absolute atomic E-state index is 0.0772. The van der Waals surface area contributed by atoms with E-state index < -0.39 is 5.82 Å². The van der Waals surface area contributed by atoms with E-state index in [9.17, 15) is 9.18 Å². The van der Waals surface area contributed by atoms with Crippen molar-refractivity contribution in [2.75, 3.05) is 0 Å². The van der Waals surface area contributed by atoms with E-state index in [0.29, 0.717) is 5.56 Å². The van der Waals surface area contributed by atoms with Crippen molar-refractivity contribution >= 4 is 28.4 Å². The summed E-state index contributed by atoms with van der Waals surface area (Å²) in [6.45, 7) is 0. The van der Waals surface area contributed by atoms with E-state index in [1.54, 1.807) is 24.4 Å². The Labute approximate surface area is 106 Å². The van der Waals surface area contributed by atoms with Crippen LogP contribution in [0.1, 0.15) is 15.9 Å². The molecule has 80 valence electrons. The second-order valence-electron chi connectivity index (χ2n) is 3.19. The highest BCUT2D eigenvalue weighted by molar-refractivity contribution is 14.1.